The highest BCUT2D eigenvalue weighted by molar-refractivity contribution is 5.68. The van der Waals surface area contributed by atoms with Crippen molar-refractivity contribution in [3.8, 4) is 5.75 Å². The average molecular weight is 195 g/mol. The smallest absolute Gasteiger partial charge is 0.304 e. The van der Waals surface area contributed by atoms with Gasteiger partial charge in [0.1, 0.15) is 5.75 Å². The molecule has 4 heteroatoms. The molecule has 0 saturated carbocycles. The number of phenols is 1. The van der Waals surface area contributed by atoms with Crippen molar-refractivity contribution in [3.63, 3.8) is 0 Å². The number of nitrogens with two attached hydrogens (primary N) is 1. The van der Waals surface area contributed by atoms with Crippen LogP contribution in [0.5, 0.6) is 5.75 Å². The molecular weight excluding hydrogens is 182 g/mol. The Kier molecular flexibility index (Phi) is 3.48. The molecule has 4 nitrogen and oxygen atoms in total. The van der Waals surface area contributed by atoms with Gasteiger partial charge in [0.05, 0.1) is 6.42 Å². The van der Waals surface area contributed by atoms with Crippen LogP contribution in [0, 0.1) is 0 Å². The molecule has 1 aromatic carbocycles. The number of rotatable bonds is 4. The van der Waals surface area contributed by atoms with E-state index in [0.717, 1.165) is 0 Å². The van der Waals surface area contributed by atoms with E-state index in [1.807, 2.05) is 0 Å². The minimum absolute atomic E-state index is 0.0614. The highest BCUT2D eigenvalue weighted by Gasteiger charge is 2.16. The minimum atomic E-state index is -0.913. The third-order valence-electron chi connectivity index (χ3n) is 2.08. The third kappa shape index (κ3) is 2.47. The van der Waals surface area contributed by atoms with Crippen molar-refractivity contribution in [2.24, 2.45) is 5.73 Å². The molecule has 0 aromatic heterocycles. The second-order valence-electron chi connectivity index (χ2n) is 3.09. The Bertz CT molecular complexity index is 325. The van der Waals surface area contributed by atoms with E-state index in [9.17, 15) is 9.90 Å². The predicted octanol–water partition coefficient (Wildman–Crippen LogP) is 0.909. The van der Waals surface area contributed by atoms with E-state index >= 15 is 0 Å². The number of carbonyl (C=O) groups is 1. The van der Waals surface area contributed by atoms with E-state index in [4.69, 9.17) is 10.8 Å². The summed E-state index contributed by atoms with van der Waals surface area (Å²) in [5.74, 6) is -1.14. The summed E-state index contributed by atoms with van der Waals surface area (Å²) in [6.45, 7) is 0.212. The minimum Gasteiger partial charge on any atom is -0.508 e. The number of aromatic hydroxyl groups is 1. The summed E-state index contributed by atoms with van der Waals surface area (Å²) in [6.07, 6.45) is -0.0614. The van der Waals surface area contributed by atoms with Crippen molar-refractivity contribution in [1.29, 1.82) is 0 Å². The van der Waals surface area contributed by atoms with Gasteiger partial charge in [-0.15, -0.1) is 0 Å². The second kappa shape index (κ2) is 4.62. The number of hydrogen-bond donors (Lipinski definition) is 3. The molecular formula is C10H13NO3. The van der Waals surface area contributed by atoms with Gasteiger partial charge < -0.3 is 15.9 Å². The molecule has 0 bridgehead atoms. The first-order chi connectivity index (χ1) is 6.65. The molecule has 0 heterocycles. The van der Waals surface area contributed by atoms with Gasteiger partial charge in [-0.25, -0.2) is 0 Å². The van der Waals surface area contributed by atoms with Crippen LogP contribution in [-0.2, 0) is 4.79 Å². The lowest BCUT2D eigenvalue weighted by Crippen LogP contribution is -2.16. The van der Waals surface area contributed by atoms with Gasteiger partial charge in [-0.1, -0.05) is 18.2 Å². The zero-order valence-electron chi connectivity index (χ0n) is 7.68. The molecule has 1 unspecified atom stereocenters. The Morgan fingerprint density at radius 1 is 1.43 bits per heavy atom. The van der Waals surface area contributed by atoms with E-state index in [1.165, 1.54) is 6.07 Å². The van der Waals surface area contributed by atoms with Gasteiger partial charge in [0, 0.05) is 5.92 Å². The van der Waals surface area contributed by atoms with E-state index in [0.29, 0.717) is 5.56 Å². The van der Waals surface area contributed by atoms with E-state index in [1.54, 1.807) is 18.2 Å². The zero-order chi connectivity index (χ0) is 10.6. The van der Waals surface area contributed by atoms with Crippen LogP contribution in [0.25, 0.3) is 0 Å². The van der Waals surface area contributed by atoms with E-state index < -0.39 is 5.97 Å². The van der Waals surface area contributed by atoms with Gasteiger partial charge in [0.15, 0.2) is 0 Å². The van der Waals surface area contributed by atoms with Gasteiger partial charge >= 0.3 is 5.97 Å². The Balaban J connectivity index is 2.89. The molecule has 1 aromatic rings. The van der Waals surface area contributed by atoms with Crippen molar-refractivity contribution in [1.82, 2.24) is 0 Å². The van der Waals surface area contributed by atoms with Crippen LogP contribution in [0.1, 0.15) is 17.9 Å². The molecule has 0 aliphatic heterocycles. The van der Waals surface area contributed by atoms with Crippen molar-refractivity contribution >= 4 is 5.97 Å². The molecule has 0 amide bonds. The highest BCUT2D eigenvalue weighted by atomic mass is 16.4. The van der Waals surface area contributed by atoms with Gasteiger partial charge in [0.2, 0.25) is 0 Å². The number of carboxylic acids is 1. The van der Waals surface area contributed by atoms with Gasteiger partial charge in [-0.05, 0) is 18.2 Å². The molecule has 0 aliphatic rings. The summed E-state index contributed by atoms with van der Waals surface area (Å²) in [5.41, 5.74) is 6.04. The van der Waals surface area contributed by atoms with Crippen molar-refractivity contribution in [3.05, 3.63) is 29.8 Å². The molecule has 0 fully saturated rings. The lowest BCUT2D eigenvalue weighted by Gasteiger charge is -2.13. The topological polar surface area (TPSA) is 83.6 Å². The molecule has 1 rings (SSSR count). The Hall–Kier alpha value is -1.55. The van der Waals surface area contributed by atoms with E-state index in [2.05, 4.69) is 0 Å². The summed E-state index contributed by atoms with van der Waals surface area (Å²) in [6, 6.07) is 6.66. The number of benzene rings is 1. The molecule has 0 radical (unpaired) electrons. The van der Waals surface area contributed by atoms with Crippen molar-refractivity contribution in [2.45, 2.75) is 12.3 Å². The first kappa shape index (κ1) is 10.5. The first-order valence-corrected chi connectivity index (χ1v) is 4.35. The predicted molar refractivity (Wildman–Crippen MR) is 52.2 cm³/mol. The van der Waals surface area contributed by atoms with Crippen molar-refractivity contribution in [2.75, 3.05) is 6.54 Å². The van der Waals surface area contributed by atoms with Gasteiger partial charge in [-0.3, -0.25) is 4.79 Å². The quantitative estimate of drug-likeness (QED) is 0.666. The van der Waals surface area contributed by atoms with Gasteiger partial charge in [-0.2, -0.15) is 0 Å². The monoisotopic (exact) mass is 195 g/mol. The highest BCUT2D eigenvalue weighted by Crippen LogP contribution is 2.26. The Morgan fingerprint density at radius 2 is 2.07 bits per heavy atom. The number of phenolic OH excluding ortho intramolecular Hbond substituents is 1. The van der Waals surface area contributed by atoms with Gasteiger partial charge in [0.25, 0.3) is 0 Å². The molecule has 14 heavy (non-hydrogen) atoms. The number of aliphatic carboxylic acids is 1. The molecule has 1 atom stereocenters. The average Bonchev–Trinajstić information content (AvgIpc) is 2.15. The van der Waals surface area contributed by atoms with Crippen LogP contribution < -0.4 is 5.73 Å². The lowest BCUT2D eigenvalue weighted by atomic mass is 9.95. The molecule has 0 aliphatic carbocycles. The second-order valence-corrected chi connectivity index (χ2v) is 3.09. The molecule has 76 valence electrons. The third-order valence-corrected chi connectivity index (χ3v) is 2.08. The Labute approximate surface area is 82.0 Å². The fourth-order valence-electron chi connectivity index (χ4n) is 1.36. The first-order valence-electron chi connectivity index (χ1n) is 4.35. The van der Waals surface area contributed by atoms with Crippen LogP contribution in [-0.4, -0.2) is 22.7 Å². The summed E-state index contributed by atoms with van der Waals surface area (Å²) in [5, 5.41) is 18.1. The molecule has 0 spiro atoms. The summed E-state index contributed by atoms with van der Waals surface area (Å²) in [7, 11) is 0. The normalized spacial score (nSPS) is 12.4. The van der Waals surface area contributed by atoms with Crippen molar-refractivity contribution < 1.29 is 15.0 Å². The van der Waals surface area contributed by atoms with Crippen LogP contribution in [0.15, 0.2) is 24.3 Å². The number of para-hydroxylation sites is 1. The molecule has 0 saturated heterocycles. The lowest BCUT2D eigenvalue weighted by molar-refractivity contribution is -0.137. The largest absolute Gasteiger partial charge is 0.508 e. The van der Waals surface area contributed by atoms with E-state index in [-0.39, 0.29) is 24.6 Å². The number of hydrogen-bond acceptors (Lipinski definition) is 3. The van der Waals surface area contributed by atoms with Crippen LogP contribution in [0.2, 0.25) is 0 Å². The van der Waals surface area contributed by atoms with Crippen LogP contribution >= 0.6 is 0 Å². The zero-order valence-corrected chi connectivity index (χ0v) is 7.68. The Morgan fingerprint density at radius 3 is 2.57 bits per heavy atom. The molecule has 4 N–H and O–H groups in total. The maximum atomic E-state index is 10.5. The summed E-state index contributed by atoms with van der Waals surface area (Å²) >= 11 is 0. The maximum absolute atomic E-state index is 10.5. The van der Waals surface area contributed by atoms with Crippen LogP contribution in [0.4, 0.5) is 0 Å². The standard InChI is InChI=1S/C10H13NO3/c11-6-7(5-10(13)14)8-3-1-2-4-9(8)12/h1-4,7,12H,5-6,11H2,(H,13,14). The maximum Gasteiger partial charge on any atom is 0.304 e. The fraction of sp³-hybridized carbons (Fsp3) is 0.300. The SMILES string of the molecule is NCC(CC(=O)O)c1ccccc1O. The van der Waals surface area contributed by atoms with Crippen LogP contribution in [0.3, 0.4) is 0 Å². The summed E-state index contributed by atoms with van der Waals surface area (Å²) < 4.78 is 0. The number of carboxylic acid groups (broad SMARTS) is 1. The summed E-state index contributed by atoms with van der Waals surface area (Å²) in [4.78, 5) is 10.5. The fourth-order valence-corrected chi connectivity index (χ4v) is 1.36.